The van der Waals surface area contributed by atoms with Crippen molar-refractivity contribution in [3.63, 3.8) is 0 Å². The molecule has 0 amide bonds. The second-order valence-electron chi connectivity index (χ2n) is 4.57. The van der Waals surface area contributed by atoms with Gasteiger partial charge in [0.2, 0.25) is 0 Å². The van der Waals surface area contributed by atoms with Gasteiger partial charge >= 0.3 is 0 Å². The van der Waals surface area contributed by atoms with Crippen LogP contribution in [0.1, 0.15) is 12.8 Å². The molecule has 1 aliphatic heterocycles. The quantitative estimate of drug-likeness (QED) is 0.866. The summed E-state index contributed by atoms with van der Waals surface area (Å²) >= 11 is 6.01. The Morgan fingerprint density at radius 3 is 2.33 bits per heavy atom. The molecular weight excluding hydrogens is 286 g/mol. The molecule has 1 N–H and O–H groups in total. The zero-order valence-corrected chi connectivity index (χ0v) is 12.0. The van der Waals surface area contributed by atoms with Crippen molar-refractivity contribution in [2.45, 2.75) is 12.8 Å². The summed E-state index contributed by atoms with van der Waals surface area (Å²) in [6, 6.07) is 10.6. The van der Waals surface area contributed by atoms with E-state index in [-0.39, 0.29) is 11.3 Å². The normalized spacial score (nSPS) is 13.0. The molecule has 1 saturated heterocycles. The van der Waals surface area contributed by atoms with Crippen molar-refractivity contribution in [3.05, 3.63) is 34.5 Å². The van der Waals surface area contributed by atoms with Gasteiger partial charge in [-0.25, -0.2) is 0 Å². The summed E-state index contributed by atoms with van der Waals surface area (Å²) < 4.78 is 0. The average molecular weight is 298 g/mol. The van der Waals surface area contributed by atoms with E-state index in [0.717, 1.165) is 31.6 Å². The predicted octanol–water partition coefficient (Wildman–Crippen LogP) is 3.18. The first-order valence-electron chi connectivity index (χ1n) is 6.45. The first-order valence-corrected chi connectivity index (χ1v) is 6.83. The van der Waals surface area contributed by atoms with E-state index in [1.165, 1.54) is 0 Å². The maximum atomic E-state index is 9.13. The average Bonchev–Trinajstić information content (AvgIpc) is 3.01. The molecule has 0 aromatic heterocycles. The second kappa shape index (κ2) is 6.66. The first-order chi connectivity index (χ1) is 10.2. The summed E-state index contributed by atoms with van der Waals surface area (Å²) in [7, 11) is 0. The fraction of sp³-hybridized carbons (Fsp3) is 0.267. The van der Waals surface area contributed by atoms with Gasteiger partial charge < -0.3 is 10.2 Å². The molecule has 1 heterocycles. The van der Waals surface area contributed by atoms with Crippen LogP contribution in [0.2, 0.25) is 5.02 Å². The summed E-state index contributed by atoms with van der Waals surface area (Å²) in [6.45, 7) is 1.87. The van der Waals surface area contributed by atoms with Crippen LogP contribution in [0.3, 0.4) is 0 Å². The lowest BCUT2D eigenvalue weighted by molar-refractivity contribution is 0.949. The molecule has 1 aromatic rings. The number of nitriles is 3. The first kappa shape index (κ1) is 14.7. The second-order valence-corrected chi connectivity index (χ2v) is 5.00. The van der Waals surface area contributed by atoms with E-state index >= 15 is 0 Å². The number of allylic oxidation sites excluding steroid dienone is 2. The highest BCUT2D eigenvalue weighted by atomic mass is 35.5. The number of hydrogen-bond donors (Lipinski definition) is 1. The van der Waals surface area contributed by atoms with Crippen molar-refractivity contribution < 1.29 is 0 Å². The van der Waals surface area contributed by atoms with E-state index in [2.05, 4.69) is 10.2 Å². The van der Waals surface area contributed by atoms with Gasteiger partial charge in [-0.2, -0.15) is 15.8 Å². The molecule has 1 aromatic carbocycles. The lowest BCUT2D eigenvalue weighted by Crippen LogP contribution is -2.19. The van der Waals surface area contributed by atoms with Crippen LogP contribution in [0.15, 0.2) is 29.5 Å². The van der Waals surface area contributed by atoms with Gasteiger partial charge in [0.15, 0.2) is 5.57 Å². The van der Waals surface area contributed by atoms with Crippen molar-refractivity contribution in [3.8, 4) is 18.2 Å². The summed E-state index contributed by atoms with van der Waals surface area (Å²) in [6.07, 6.45) is 2.23. The summed E-state index contributed by atoms with van der Waals surface area (Å²) in [5, 5.41) is 30.3. The third kappa shape index (κ3) is 3.26. The van der Waals surface area contributed by atoms with Gasteiger partial charge in [-0.1, -0.05) is 11.6 Å². The number of nitrogens with zero attached hydrogens (tertiary/aromatic N) is 4. The smallest absolute Gasteiger partial charge is 0.163 e. The third-order valence-electron chi connectivity index (χ3n) is 3.25. The number of benzene rings is 1. The topological polar surface area (TPSA) is 86.6 Å². The molecule has 0 radical (unpaired) electrons. The SMILES string of the molecule is N#CC(C#N)=C(C#N)Nc1cc(Cl)ccc1N1CCCC1. The van der Waals surface area contributed by atoms with Crippen LogP contribution in [0.25, 0.3) is 0 Å². The Morgan fingerprint density at radius 2 is 1.76 bits per heavy atom. The highest BCUT2D eigenvalue weighted by molar-refractivity contribution is 6.31. The van der Waals surface area contributed by atoms with E-state index in [0.29, 0.717) is 10.7 Å². The van der Waals surface area contributed by atoms with Crippen LogP contribution in [0.4, 0.5) is 11.4 Å². The Labute approximate surface area is 128 Å². The van der Waals surface area contributed by atoms with Crippen LogP contribution in [0.5, 0.6) is 0 Å². The van der Waals surface area contributed by atoms with Gasteiger partial charge in [0.25, 0.3) is 0 Å². The highest BCUT2D eigenvalue weighted by Gasteiger charge is 2.17. The molecule has 0 atom stereocenters. The zero-order chi connectivity index (χ0) is 15.2. The van der Waals surface area contributed by atoms with Crippen LogP contribution in [-0.2, 0) is 0 Å². The summed E-state index contributed by atoms with van der Waals surface area (Å²) in [5.41, 5.74) is 1.23. The fourth-order valence-corrected chi connectivity index (χ4v) is 2.43. The Morgan fingerprint density at radius 1 is 1.10 bits per heavy atom. The van der Waals surface area contributed by atoms with Gasteiger partial charge in [-0.15, -0.1) is 0 Å². The highest BCUT2D eigenvalue weighted by Crippen LogP contribution is 2.32. The van der Waals surface area contributed by atoms with Gasteiger partial charge in [-0.3, -0.25) is 0 Å². The van der Waals surface area contributed by atoms with Gasteiger partial charge in [0, 0.05) is 18.1 Å². The van der Waals surface area contributed by atoms with E-state index in [1.807, 2.05) is 12.1 Å². The monoisotopic (exact) mass is 297 g/mol. The number of rotatable bonds is 3. The van der Waals surface area contributed by atoms with E-state index < -0.39 is 0 Å². The molecule has 0 bridgehead atoms. The standard InChI is InChI=1S/C15H12ClN5/c16-12-3-4-15(21-5-1-2-6-21)13(7-12)20-14(10-19)11(8-17)9-18/h3-4,7,20H,1-2,5-6H2. The molecule has 6 heteroatoms. The lowest BCUT2D eigenvalue weighted by Gasteiger charge is -2.22. The number of hydrogen-bond acceptors (Lipinski definition) is 5. The molecular formula is C15H12ClN5. The Balaban J connectivity index is 2.42. The molecule has 0 aliphatic carbocycles. The molecule has 1 aliphatic rings. The lowest BCUT2D eigenvalue weighted by atomic mass is 10.2. The minimum Gasteiger partial charge on any atom is -0.370 e. The fourth-order valence-electron chi connectivity index (χ4n) is 2.26. The van der Waals surface area contributed by atoms with Crippen LogP contribution in [0, 0.1) is 34.0 Å². The minimum atomic E-state index is -0.246. The summed E-state index contributed by atoms with van der Waals surface area (Å²) in [4.78, 5) is 2.19. The van der Waals surface area contributed by atoms with Crippen molar-refractivity contribution >= 4 is 23.0 Å². The van der Waals surface area contributed by atoms with Crippen molar-refractivity contribution in [2.75, 3.05) is 23.3 Å². The molecule has 0 saturated carbocycles. The predicted molar refractivity (Wildman–Crippen MR) is 80.4 cm³/mol. The molecule has 104 valence electrons. The minimum absolute atomic E-state index is 0.0669. The van der Waals surface area contributed by atoms with Gasteiger partial charge in [0.05, 0.1) is 11.4 Å². The molecule has 0 unspecified atom stereocenters. The molecule has 1 fully saturated rings. The maximum Gasteiger partial charge on any atom is 0.163 e. The molecule has 5 nitrogen and oxygen atoms in total. The Kier molecular flexibility index (Phi) is 4.67. The maximum absolute atomic E-state index is 9.13. The van der Waals surface area contributed by atoms with Gasteiger partial charge in [0.1, 0.15) is 23.9 Å². The Bertz CT molecular complexity index is 680. The largest absolute Gasteiger partial charge is 0.370 e. The van der Waals surface area contributed by atoms with Gasteiger partial charge in [-0.05, 0) is 31.0 Å². The van der Waals surface area contributed by atoms with E-state index in [4.69, 9.17) is 27.4 Å². The van der Waals surface area contributed by atoms with Crippen molar-refractivity contribution in [2.24, 2.45) is 0 Å². The van der Waals surface area contributed by atoms with Crippen molar-refractivity contribution in [1.82, 2.24) is 0 Å². The molecule has 0 spiro atoms. The third-order valence-corrected chi connectivity index (χ3v) is 3.49. The van der Waals surface area contributed by atoms with E-state index in [1.54, 1.807) is 24.3 Å². The van der Waals surface area contributed by atoms with Crippen LogP contribution in [-0.4, -0.2) is 13.1 Å². The van der Waals surface area contributed by atoms with Crippen LogP contribution >= 0.6 is 11.6 Å². The number of halogens is 1. The number of anilines is 2. The Hall–Kier alpha value is -2.68. The number of nitrogens with one attached hydrogen (secondary N) is 1. The molecule has 21 heavy (non-hydrogen) atoms. The zero-order valence-electron chi connectivity index (χ0n) is 11.2. The van der Waals surface area contributed by atoms with Crippen molar-refractivity contribution in [1.29, 1.82) is 15.8 Å². The molecule has 2 rings (SSSR count). The summed E-state index contributed by atoms with van der Waals surface area (Å²) in [5.74, 6) is 0. The van der Waals surface area contributed by atoms with E-state index in [9.17, 15) is 0 Å². The van der Waals surface area contributed by atoms with Crippen LogP contribution < -0.4 is 10.2 Å².